The molecule has 0 fully saturated rings. The van der Waals surface area contributed by atoms with Gasteiger partial charge in [0.25, 0.3) is 0 Å². The second kappa shape index (κ2) is 7.95. The molecule has 0 bridgehead atoms. The third kappa shape index (κ3) is 4.36. The second-order valence-electron chi connectivity index (χ2n) is 6.37. The smallest absolute Gasteiger partial charge is 0.224 e. The Morgan fingerprint density at radius 2 is 1.73 bits per heavy atom. The van der Waals surface area contributed by atoms with Crippen LogP contribution in [0.25, 0.3) is 0 Å². The minimum Gasteiger partial charge on any atom is -0.352 e. The van der Waals surface area contributed by atoms with Crippen LogP contribution in [0.1, 0.15) is 28.1 Å². The van der Waals surface area contributed by atoms with Gasteiger partial charge in [-0.15, -0.1) is 0 Å². The van der Waals surface area contributed by atoms with E-state index in [2.05, 4.69) is 22.5 Å². The van der Waals surface area contributed by atoms with E-state index in [1.807, 2.05) is 36.7 Å². The highest BCUT2D eigenvalue weighted by molar-refractivity contribution is 5.78. The van der Waals surface area contributed by atoms with Crippen molar-refractivity contribution in [2.75, 3.05) is 0 Å². The Morgan fingerprint density at radius 1 is 1.04 bits per heavy atom. The fraction of sp³-hybridized carbons (Fsp3) is 0.238. The van der Waals surface area contributed by atoms with Gasteiger partial charge in [0.2, 0.25) is 5.91 Å². The molecule has 0 saturated heterocycles. The van der Waals surface area contributed by atoms with Crippen molar-refractivity contribution in [1.82, 2.24) is 15.1 Å². The van der Waals surface area contributed by atoms with Crippen molar-refractivity contribution >= 4 is 5.91 Å². The number of aryl methyl sites for hydroxylation is 1. The first-order valence-electron chi connectivity index (χ1n) is 8.61. The molecule has 0 unspecified atom stereocenters. The zero-order valence-corrected chi connectivity index (χ0v) is 15.0. The van der Waals surface area contributed by atoms with Gasteiger partial charge in [-0.3, -0.25) is 9.48 Å². The van der Waals surface area contributed by atoms with Gasteiger partial charge < -0.3 is 5.32 Å². The Kier molecular flexibility index (Phi) is 5.46. The normalized spacial score (nSPS) is 10.7. The molecule has 0 atom stereocenters. The molecule has 3 rings (SSSR count). The summed E-state index contributed by atoms with van der Waals surface area (Å²) >= 11 is 0. The molecule has 0 aliphatic carbocycles. The van der Waals surface area contributed by atoms with Crippen LogP contribution in [0.15, 0.2) is 54.6 Å². The Bertz CT molecular complexity index is 886. The Morgan fingerprint density at radius 3 is 2.42 bits per heavy atom. The van der Waals surface area contributed by atoms with Gasteiger partial charge >= 0.3 is 0 Å². The number of rotatable bonds is 6. The van der Waals surface area contributed by atoms with Crippen LogP contribution >= 0.6 is 0 Å². The molecular formula is C21H22FN3O. The molecule has 26 heavy (non-hydrogen) atoms. The van der Waals surface area contributed by atoms with Crippen LogP contribution in [-0.4, -0.2) is 15.7 Å². The van der Waals surface area contributed by atoms with E-state index in [1.54, 1.807) is 12.1 Å². The summed E-state index contributed by atoms with van der Waals surface area (Å²) in [7, 11) is 0. The minimum atomic E-state index is -0.300. The van der Waals surface area contributed by atoms with E-state index in [4.69, 9.17) is 0 Å². The molecule has 1 heterocycles. The molecule has 1 N–H and O–H groups in total. The molecule has 0 radical (unpaired) electrons. The number of amides is 1. The van der Waals surface area contributed by atoms with Crippen molar-refractivity contribution in [3.8, 4) is 0 Å². The molecule has 1 amide bonds. The van der Waals surface area contributed by atoms with E-state index in [0.717, 1.165) is 22.5 Å². The first-order valence-corrected chi connectivity index (χ1v) is 8.61. The SMILES string of the molecule is Cc1nn(Cc2ccccc2)c(C)c1CNC(=O)Cc1ccc(F)cc1. The predicted octanol–water partition coefficient (Wildman–Crippen LogP) is 3.55. The van der Waals surface area contributed by atoms with Crippen molar-refractivity contribution in [2.24, 2.45) is 0 Å². The molecule has 5 heteroatoms. The fourth-order valence-electron chi connectivity index (χ4n) is 2.94. The summed E-state index contributed by atoms with van der Waals surface area (Å²) in [6.07, 6.45) is 0.233. The quantitative estimate of drug-likeness (QED) is 0.738. The van der Waals surface area contributed by atoms with Crippen LogP contribution in [0.5, 0.6) is 0 Å². The first-order chi connectivity index (χ1) is 12.5. The monoisotopic (exact) mass is 351 g/mol. The zero-order chi connectivity index (χ0) is 18.5. The summed E-state index contributed by atoms with van der Waals surface area (Å²) in [6.45, 7) is 5.11. The minimum absolute atomic E-state index is 0.0915. The van der Waals surface area contributed by atoms with E-state index < -0.39 is 0 Å². The average molecular weight is 351 g/mol. The van der Waals surface area contributed by atoms with Gasteiger partial charge in [-0.05, 0) is 37.1 Å². The molecule has 3 aromatic rings. The van der Waals surface area contributed by atoms with E-state index in [-0.39, 0.29) is 18.1 Å². The van der Waals surface area contributed by atoms with Crippen LogP contribution in [0, 0.1) is 19.7 Å². The Balaban J connectivity index is 1.62. The maximum absolute atomic E-state index is 12.9. The Labute approximate surface area is 152 Å². The predicted molar refractivity (Wildman–Crippen MR) is 99.2 cm³/mol. The number of carbonyl (C=O) groups is 1. The molecule has 1 aromatic heterocycles. The van der Waals surface area contributed by atoms with Crippen molar-refractivity contribution in [3.63, 3.8) is 0 Å². The summed E-state index contributed by atoms with van der Waals surface area (Å²) in [4.78, 5) is 12.2. The molecule has 0 aliphatic rings. The lowest BCUT2D eigenvalue weighted by Crippen LogP contribution is -2.25. The highest BCUT2D eigenvalue weighted by Crippen LogP contribution is 2.15. The summed E-state index contributed by atoms with van der Waals surface area (Å²) in [6, 6.07) is 16.1. The van der Waals surface area contributed by atoms with Gasteiger partial charge in [-0.2, -0.15) is 5.10 Å². The zero-order valence-electron chi connectivity index (χ0n) is 15.0. The maximum Gasteiger partial charge on any atom is 0.224 e. The number of nitrogens with one attached hydrogen (secondary N) is 1. The Hall–Kier alpha value is -2.95. The lowest BCUT2D eigenvalue weighted by Gasteiger charge is -2.08. The van der Waals surface area contributed by atoms with Crippen molar-refractivity contribution in [3.05, 3.63) is 88.5 Å². The lowest BCUT2D eigenvalue weighted by atomic mass is 10.1. The third-order valence-corrected chi connectivity index (χ3v) is 4.45. The molecular weight excluding hydrogens is 329 g/mol. The van der Waals surface area contributed by atoms with Crippen LogP contribution < -0.4 is 5.32 Å². The van der Waals surface area contributed by atoms with Crippen molar-refractivity contribution in [2.45, 2.75) is 33.4 Å². The number of halogens is 1. The average Bonchev–Trinajstić information content (AvgIpc) is 2.89. The van der Waals surface area contributed by atoms with E-state index in [1.165, 1.54) is 17.7 Å². The van der Waals surface area contributed by atoms with Gasteiger partial charge in [-0.25, -0.2) is 4.39 Å². The van der Waals surface area contributed by atoms with Gasteiger partial charge in [0.05, 0.1) is 18.7 Å². The summed E-state index contributed by atoms with van der Waals surface area (Å²) in [5.74, 6) is -0.391. The number of carbonyl (C=O) groups excluding carboxylic acids is 1. The number of hydrogen-bond donors (Lipinski definition) is 1. The molecule has 4 nitrogen and oxygen atoms in total. The van der Waals surface area contributed by atoms with Gasteiger partial charge in [-0.1, -0.05) is 42.5 Å². The third-order valence-electron chi connectivity index (χ3n) is 4.45. The molecule has 0 spiro atoms. The summed E-state index contributed by atoms with van der Waals surface area (Å²) in [5, 5.41) is 7.54. The van der Waals surface area contributed by atoms with Crippen molar-refractivity contribution < 1.29 is 9.18 Å². The van der Waals surface area contributed by atoms with E-state index in [9.17, 15) is 9.18 Å². The summed E-state index contributed by atoms with van der Waals surface area (Å²) in [5.41, 5.74) is 4.98. The van der Waals surface area contributed by atoms with Gasteiger partial charge in [0, 0.05) is 17.8 Å². The number of aromatic nitrogens is 2. The fourth-order valence-corrected chi connectivity index (χ4v) is 2.94. The van der Waals surface area contributed by atoms with Crippen LogP contribution in [0.2, 0.25) is 0 Å². The van der Waals surface area contributed by atoms with E-state index in [0.29, 0.717) is 13.1 Å². The van der Waals surface area contributed by atoms with Crippen LogP contribution in [0.4, 0.5) is 4.39 Å². The molecule has 2 aromatic carbocycles. The maximum atomic E-state index is 12.9. The summed E-state index contributed by atoms with van der Waals surface area (Å²) < 4.78 is 14.9. The number of hydrogen-bond acceptors (Lipinski definition) is 2. The first kappa shape index (κ1) is 17.9. The van der Waals surface area contributed by atoms with Crippen LogP contribution in [-0.2, 0) is 24.3 Å². The molecule has 0 aliphatic heterocycles. The van der Waals surface area contributed by atoms with Gasteiger partial charge in [0.1, 0.15) is 5.82 Å². The highest BCUT2D eigenvalue weighted by atomic mass is 19.1. The van der Waals surface area contributed by atoms with Crippen molar-refractivity contribution in [1.29, 1.82) is 0 Å². The topological polar surface area (TPSA) is 46.9 Å². The van der Waals surface area contributed by atoms with Crippen LogP contribution in [0.3, 0.4) is 0 Å². The number of nitrogens with zero attached hydrogens (tertiary/aromatic N) is 2. The molecule has 134 valence electrons. The van der Waals surface area contributed by atoms with E-state index >= 15 is 0 Å². The highest BCUT2D eigenvalue weighted by Gasteiger charge is 2.13. The number of benzene rings is 2. The largest absolute Gasteiger partial charge is 0.352 e. The van der Waals surface area contributed by atoms with Gasteiger partial charge in [0.15, 0.2) is 0 Å². The second-order valence-corrected chi connectivity index (χ2v) is 6.37. The lowest BCUT2D eigenvalue weighted by molar-refractivity contribution is -0.120. The standard InChI is InChI=1S/C21H22FN3O/c1-15-20(13-23-21(26)12-17-8-10-19(22)11-9-17)16(2)25(24-15)14-18-6-4-3-5-7-18/h3-11H,12-14H2,1-2H3,(H,23,26). The molecule has 0 saturated carbocycles.